The second-order valence-electron chi connectivity index (χ2n) is 6.11. The van der Waals surface area contributed by atoms with Crippen molar-refractivity contribution in [1.82, 2.24) is 4.57 Å². The summed E-state index contributed by atoms with van der Waals surface area (Å²) in [5.74, 6) is -0.111. The number of carbonyl (C=O) groups excluding carboxylic acids is 1. The van der Waals surface area contributed by atoms with Crippen LogP contribution in [0.5, 0.6) is 5.75 Å². The lowest BCUT2D eigenvalue weighted by Gasteiger charge is -2.16. The number of aromatic nitrogens is 1. The van der Waals surface area contributed by atoms with E-state index in [-0.39, 0.29) is 11.1 Å². The van der Waals surface area contributed by atoms with E-state index in [1.54, 1.807) is 19.2 Å². The summed E-state index contributed by atoms with van der Waals surface area (Å²) in [5.41, 5.74) is 1.03. The number of rotatable bonds is 6. The van der Waals surface area contributed by atoms with Crippen molar-refractivity contribution >= 4 is 22.5 Å². The van der Waals surface area contributed by atoms with Crippen molar-refractivity contribution in [2.45, 2.75) is 19.8 Å². The number of para-hydroxylation sites is 2. The van der Waals surface area contributed by atoms with Crippen LogP contribution in [0.4, 0.5) is 5.69 Å². The first-order valence-electron chi connectivity index (χ1n) is 8.74. The van der Waals surface area contributed by atoms with E-state index in [0.717, 1.165) is 23.7 Å². The number of nitrogens with zero attached hydrogens (tertiary/aromatic N) is 1. The maximum absolute atomic E-state index is 12.9. The van der Waals surface area contributed by atoms with Gasteiger partial charge in [-0.1, -0.05) is 43.7 Å². The third-order valence-electron chi connectivity index (χ3n) is 4.26. The Kier molecular flexibility index (Phi) is 5.37. The fraction of sp³-hybridized carbons (Fsp3) is 0.238. The molecule has 0 fully saturated rings. The molecule has 0 aliphatic rings. The van der Waals surface area contributed by atoms with Gasteiger partial charge < -0.3 is 14.6 Å². The molecule has 0 aliphatic carbocycles. The first-order chi connectivity index (χ1) is 12.6. The van der Waals surface area contributed by atoms with Crippen molar-refractivity contribution in [3.63, 3.8) is 0 Å². The van der Waals surface area contributed by atoms with E-state index in [4.69, 9.17) is 4.74 Å². The van der Waals surface area contributed by atoms with Crippen LogP contribution in [-0.2, 0) is 7.05 Å². The van der Waals surface area contributed by atoms with Gasteiger partial charge in [0, 0.05) is 18.1 Å². The zero-order valence-electron chi connectivity index (χ0n) is 15.0. The summed E-state index contributed by atoms with van der Waals surface area (Å²) in [6.45, 7) is 2.52. The van der Waals surface area contributed by atoms with Gasteiger partial charge in [-0.15, -0.1) is 0 Å². The van der Waals surface area contributed by atoms with Gasteiger partial charge in [0.1, 0.15) is 11.3 Å². The molecule has 0 spiro atoms. The van der Waals surface area contributed by atoms with Crippen molar-refractivity contribution in [3.8, 4) is 5.75 Å². The normalized spacial score (nSPS) is 10.7. The highest BCUT2D eigenvalue weighted by atomic mass is 16.5. The lowest BCUT2D eigenvalue weighted by Crippen LogP contribution is -2.29. The zero-order chi connectivity index (χ0) is 18.5. The minimum Gasteiger partial charge on any atom is -0.492 e. The Morgan fingerprint density at radius 2 is 1.77 bits per heavy atom. The lowest BCUT2D eigenvalue weighted by molar-refractivity contribution is 0.102. The highest BCUT2D eigenvalue weighted by molar-refractivity contribution is 6.09. The van der Waals surface area contributed by atoms with Gasteiger partial charge in [-0.05, 0) is 30.7 Å². The molecule has 0 saturated carbocycles. The molecule has 0 saturated heterocycles. The second-order valence-corrected chi connectivity index (χ2v) is 6.11. The molecule has 1 aromatic heterocycles. The number of hydrogen-bond acceptors (Lipinski definition) is 3. The first kappa shape index (κ1) is 17.7. The summed E-state index contributed by atoms with van der Waals surface area (Å²) in [6, 6.07) is 16.5. The van der Waals surface area contributed by atoms with Gasteiger partial charge >= 0.3 is 0 Å². The molecule has 1 amide bonds. The molecule has 0 unspecified atom stereocenters. The van der Waals surface area contributed by atoms with Crippen molar-refractivity contribution < 1.29 is 9.53 Å². The van der Waals surface area contributed by atoms with Gasteiger partial charge in [0.05, 0.1) is 12.1 Å². The van der Waals surface area contributed by atoms with Gasteiger partial charge in [-0.3, -0.25) is 9.59 Å². The third kappa shape index (κ3) is 3.47. The average molecular weight is 350 g/mol. The van der Waals surface area contributed by atoms with E-state index in [2.05, 4.69) is 12.2 Å². The molecule has 5 heteroatoms. The van der Waals surface area contributed by atoms with Crippen molar-refractivity contribution in [2.75, 3.05) is 11.9 Å². The predicted octanol–water partition coefficient (Wildman–Crippen LogP) is 3.97. The third-order valence-corrected chi connectivity index (χ3v) is 4.26. The number of amides is 1. The van der Waals surface area contributed by atoms with E-state index < -0.39 is 5.91 Å². The number of hydrogen-bond donors (Lipinski definition) is 1. The number of anilines is 1. The molecule has 5 nitrogen and oxygen atoms in total. The number of ether oxygens (including phenoxy) is 1. The molecule has 0 bridgehead atoms. The van der Waals surface area contributed by atoms with E-state index in [1.165, 1.54) is 4.57 Å². The van der Waals surface area contributed by atoms with Crippen LogP contribution in [0.15, 0.2) is 59.4 Å². The average Bonchev–Trinajstić information content (AvgIpc) is 2.66. The van der Waals surface area contributed by atoms with Crippen LogP contribution in [0.2, 0.25) is 0 Å². The van der Waals surface area contributed by atoms with Crippen LogP contribution < -0.4 is 15.6 Å². The SMILES string of the molecule is CCCCOc1c(C(=O)Nc2ccccc2)c(=O)n(C)c2ccccc12. The molecule has 1 heterocycles. The lowest BCUT2D eigenvalue weighted by atomic mass is 10.1. The van der Waals surface area contributed by atoms with Gasteiger partial charge in [-0.25, -0.2) is 0 Å². The first-order valence-corrected chi connectivity index (χ1v) is 8.74. The van der Waals surface area contributed by atoms with E-state index in [1.807, 2.05) is 42.5 Å². The van der Waals surface area contributed by atoms with E-state index >= 15 is 0 Å². The number of nitrogens with one attached hydrogen (secondary N) is 1. The molecule has 1 N–H and O–H groups in total. The van der Waals surface area contributed by atoms with Gasteiger partial charge in [-0.2, -0.15) is 0 Å². The van der Waals surface area contributed by atoms with Crippen LogP contribution in [0.25, 0.3) is 10.9 Å². The molecule has 26 heavy (non-hydrogen) atoms. The Morgan fingerprint density at radius 3 is 2.50 bits per heavy atom. The number of fused-ring (bicyclic) bond motifs is 1. The number of benzene rings is 2. The molecule has 0 radical (unpaired) electrons. The molecule has 2 aromatic carbocycles. The predicted molar refractivity (Wildman–Crippen MR) is 104 cm³/mol. The quantitative estimate of drug-likeness (QED) is 0.684. The maximum atomic E-state index is 12.9. The Morgan fingerprint density at radius 1 is 1.08 bits per heavy atom. The maximum Gasteiger partial charge on any atom is 0.267 e. The smallest absolute Gasteiger partial charge is 0.267 e. The van der Waals surface area contributed by atoms with Crippen LogP contribution in [0.3, 0.4) is 0 Å². The fourth-order valence-corrected chi connectivity index (χ4v) is 2.85. The summed E-state index contributed by atoms with van der Waals surface area (Å²) in [5, 5.41) is 3.54. The fourth-order valence-electron chi connectivity index (χ4n) is 2.85. The molecule has 0 atom stereocenters. The Labute approximate surface area is 152 Å². The van der Waals surface area contributed by atoms with Crippen molar-refractivity contribution in [3.05, 3.63) is 70.5 Å². The summed E-state index contributed by atoms with van der Waals surface area (Å²) in [4.78, 5) is 25.8. The van der Waals surface area contributed by atoms with Crippen LogP contribution in [0, 0.1) is 0 Å². The summed E-state index contributed by atoms with van der Waals surface area (Å²) in [6.07, 6.45) is 1.82. The largest absolute Gasteiger partial charge is 0.492 e. The number of aryl methyl sites for hydroxylation is 1. The number of carbonyl (C=O) groups is 1. The number of unbranched alkanes of at least 4 members (excludes halogenated alkanes) is 1. The van der Waals surface area contributed by atoms with Gasteiger partial charge in [0.25, 0.3) is 11.5 Å². The molecule has 134 valence electrons. The summed E-state index contributed by atoms with van der Waals surface area (Å²) < 4.78 is 7.40. The standard InChI is InChI=1S/C21H22N2O3/c1-3-4-14-26-19-16-12-8-9-13-17(16)23(2)21(25)18(19)20(24)22-15-10-6-5-7-11-15/h5-13H,3-4,14H2,1-2H3,(H,22,24). The highest BCUT2D eigenvalue weighted by Crippen LogP contribution is 2.28. The molecule has 3 aromatic rings. The summed E-state index contributed by atoms with van der Waals surface area (Å²) >= 11 is 0. The minimum atomic E-state index is -0.464. The van der Waals surface area contributed by atoms with Crippen molar-refractivity contribution in [1.29, 1.82) is 0 Å². The topological polar surface area (TPSA) is 60.3 Å². The second kappa shape index (κ2) is 7.87. The Bertz CT molecular complexity index is 978. The monoisotopic (exact) mass is 350 g/mol. The van der Waals surface area contributed by atoms with Crippen LogP contribution in [0.1, 0.15) is 30.1 Å². The molecule has 0 aliphatic heterocycles. The van der Waals surface area contributed by atoms with Gasteiger partial charge in [0.2, 0.25) is 0 Å². The van der Waals surface area contributed by atoms with Crippen LogP contribution >= 0.6 is 0 Å². The molecular weight excluding hydrogens is 328 g/mol. The van der Waals surface area contributed by atoms with Crippen molar-refractivity contribution in [2.24, 2.45) is 7.05 Å². The summed E-state index contributed by atoms with van der Waals surface area (Å²) in [7, 11) is 1.67. The van der Waals surface area contributed by atoms with Crippen LogP contribution in [-0.4, -0.2) is 17.1 Å². The zero-order valence-corrected chi connectivity index (χ0v) is 15.0. The van der Waals surface area contributed by atoms with Gasteiger partial charge in [0.15, 0.2) is 0 Å². The Balaban J connectivity index is 2.12. The molecule has 3 rings (SSSR count). The van der Waals surface area contributed by atoms with E-state index in [9.17, 15) is 9.59 Å². The Hall–Kier alpha value is -3.08. The minimum absolute atomic E-state index is 0.0335. The highest BCUT2D eigenvalue weighted by Gasteiger charge is 2.22. The number of pyridine rings is 1. The molecular formula is C21H22N2O3. The van der Waals surface area contributed by atoms with E-state index in [0.29, 0.717) is 18.0 Å².